The normalized spacial score (nSPS) is 29.4. The molecule has 7 heteroatoms. The zero-order valence-corrected chi connectivity index (χ0v) is 14.6. The fraction of sp³-hybridized carbons (Fsp3) is 0.611. The van der Waals surface area contributed by atoms with Crippen molar-refractivity contribution in [3.63, 3.8) is 0 Å². The molecule has 0 saturated carbocycles. The van der Waals surface area contributed by atoms with Crippen LogP contribution in [-0.4, -0.2) is 47.0 Å². The minimum atomic E-state index is -1.55. The van der Waals surface area contributed by atoms with Crippen LogP contribution in [0.1, 0.15) is 39.2 Å². The Morgan fingerprint density at radius 1 is 1.28 bits per heavy atom. The van der Waals surface area contributed by atoms with E-state index >= 15 is 0 Å². The number of carbonyl (C=O) groups excluding carboxylic acids is 1. The van der Waals surface area contributed by atoms with Gasteiger partial charge in [-0.2, -0.15) is 0 Å². The molecule has 3 rings (SSSR count). The average molecular weight is 355 g/mol. The quantitative estimate of drug-likeness (QED) is 0.841. The lowest BCUT2D eigenvalue weighted by molar-refractivity contribution is -0.142. The van der Waals surface area contributed by atoms with Crippen LogP contribution in [0, 0.1) is 11.6 Å². The average Bonchev–Trinajstić information content (AvgIpc) is 2.47. The summed E-state index contributed by atoms with van der Waals surface area (Å²) in [6.45, 7) is 5.77. The first-order valence-corrected chi connectivity index (χ1v) is 8.36. The van der Waals surface area contributed by atoms with E-state index in [2.05, 4.69) is 0 Å². The summed E-state index contributed by atoms with van der Waals surface area (Å²) in [6, 6.07) is 2.12. The topological polar surface area (TPSA) is 59.0 Å². The lowest BCUT2D eigenvalue weighted by atomic mass is 9.76. The Labute approximate surface area is 145 Å². The number of fused-ring (bicyclic) bond motifs is 2. The van der Waals surface area contributed by atoms with Crippen LogP contribution in [0.5, 0.6) is 0 Å². The SMILES string of the molecule is CC(C)(C)OC(=O)N1C2COCC1CC(O)(c1cc(F)ccc1F)C2. The van der Waals surface area contributed by atoms with Gasteiger partial charge in [-0.25, -0.2) is 13.6 Å². The number of hydrogen-bond acceptors (Lipinski definition) is 4. The predicted molar refractivity (Wildman–Crippen MR) is 86.0 cm³/mol. The van der Waals surface area contributed by atoms with Gasteiger partial charge in [0.15, 0.2) is 0 Å². The number of carbonyl (C=O) groups is 1. The summed E-state index contributed by atoms with van der Waals surface area (Å²) in [5, 5.41) is 11.0. The molecule has 0 spiro atoms. The number of ether oxygens (including phenoxy) is 2. The van der Waals surface area contributed by atoms with Gasteiger partial charge in [-0.05, 0) is 39.0 Å². The van der Waals surface area contributed by atoms with Gasteiger partial charge in [-0.1, -0.05) is 0 Å². The molecule has 1 aromatic rings. The van der Waals surface area contributed by atoms with Crippen LogP contribution in [0.4, 0.5) is 13.6 Å². The largest absolute Gasteiger partial charge is 0.444 e. The Balaban J connectivity index is 1.88. The maximum Gasteiger partial charge on any atom is 0.410 e. The summed E-state index contributed by atoms with van der Waals surface area (Å²) in [4.78, 5) is 14.1. The highest BCUT2D eigenvalue weighted by atomic mass is 19.1. The first-order valence-electron chi connectivity index (χ1n) is 8.36. The Kier molecular flexibility index (Phi) is 4.49. The number of aliphatic hydroxyl groups is 1. The predicted octanol–water partition coefficient (Wildman–Crippen LogP) is 2.95. The summed E-state index contributed by atoms with van der Waals surface area (Å²) < 4.78 is 38.7. The Hall–Kier alpha value is -1.73. The lowest BCUT2D eigenvalue weighted by Gasteiger charge is -2.51. The number of piperidine rings is 1. The monoisotopic (exact) mass is 355 g/mol. The number of rotatable bonds is 1. The third kappa shape index (κ3) is 3.62. The minimum absolute atomic E-state index is 0.0586. The molecule has 2 atom stereocenters. The van der Waals surface area contributed by atoms with Crippen LogP contribution >= 0.6 is 0 Å². The highest BCUT2D eigenvalue weighted by Crippen LogP contribution is 2.42. The Bertz CT molecular complexity index is 660. The molecule has 2 aliphatic rings. The van der Waals surface area contributed by atoms with E-state index in [0.717, 1.165) is 18.2 Å². The summed E-state index contributed by atoms with van der Waals surface area (Å²) in [5.74, 6) is -1.27. The van der Waals surface area contributed by atoms with Crippen molar-refractivity contribution >= 4 is 6.09 Å². The first kappa shape index (κ1) is 18.1. The van der Waals surface area contributed by atoms with Crippen molar-refractivity contribution in [2.24, 2.45) is 0 Å². The third-order valence-corrected chi connectivity index (χ3v) is 4.59. The number of hydrogen-bond donors (Lipinski definition) is 1. The zero-order valence-electron chi connectivity index (χ0n) is 14.6. The fourth-order valence-corrected chi connectivity index (χ4v) is 3.66. The summed E-state index contributed by atoms with van der Waals surface area (Å²) in [6.07, 6.45) is -0.362. The Morgan fingerprint density at radius 3 is 2.44 bits per heavy atom. The van der Waals surface area contributed by atoms with Crippen LogP contribution in [0.25, 0.3) is 0 Å². The van der Waals surface area contributed by atoms with Gasteiger partial charge in [0.05, 0.1) is 30.9 Å². The molecule has 2 aliphatic heterocycles. The van der Waals surface area contributed by atoms with Gasteiger partial charge >= 0.3 is 6.09 Å². The maximum atomic E-state index is 14.2. The number of amides is 1. The second kappa shape index (κ2) is 6.21. The number of halogens is 2. The summed E-state index contributed by atoms with van der Waals surface area (Å²) >= 11 is 0. The van der Waals surface area contributed by atoms with E-state index < -0.39 is 41.0 Å². The fourth-order valence-electron chi connectivity index (χ4n) is 3.66. The Morgan fingerprint density at radius 2 is 1.88 bits per heavy atom. The van der Waals surface area contributed by atoms with Gasteiger partial charge in [0.2, 0.25) is 0 Å². The number of morpholine rings is 1. The van der Waals surface area contributed by atoms with Crippen molar-refractivity contribution in [3.05, 3.63) is 35.4 Å². The van der Waals surface area contributed by atoms with Gasteiger partial charge in [0, 0.05) is 18.4 Å². The van der Waals surface area contributed by atoms with Crippen molar-refractivity contribution in [2.75, 3.05) is 13.2 Å². The molecular weight excluding hydrogens is 332 g/mol. The minimum Gasteiger partial charge on any atom is -0.444 e. The molecule has 0 aromatic heterocycles. The van der Waals surface area contributed by atoms with Crippen molar-refractivity contribution in [3.8, 4) is 0 Å². The molecule has 25 heavy (non-hydrogen) atoms. The second-order valence-electron chi connectivity index (χ2n) is 7.80. The lowest BCUT2D eigenvalue weighted by Crippen LogP contribution is -2.63. The molecule has 138 valence electrons. The van der Waals surface area contributed by atoms with E-state index in [-0.39, 0.29) is 31.6 Å². The van der Waals surface area contributed by atoms with E-state index in [4.69, 9.17) is 9.47 Å². The van der Waals surface area contributed by atoms with Crippen LogP contribution in [0.15, 0.2) is 18.2 Å². The van der Waals surface area contributed by atoms with E-state index in [0.29, 0.717) is 0 Å². The second-order valence-corrected chi connectivity index (χ2v) is 7.80. The molecule has 2 saturated heterocycles. The molecule has 1 N–H and O–H groups in total. The molecule has 5 nitrogen and oxygen atoms in total. The molecule has 2 bridgehead atoms. The van der Waals surface area contributed by atoms with Gasteiger partial charge in [-0.15, -0.1) is 0 Å². The number of nitrogens with zero attached hydrogens (tertiary/aromatic N) is 1. The van der Waals surface area contributed by atoms with Crippen LogP contribution in [0.2, 0.25) is 0 Å². The van der Waals surface area contributed by atoms with Crippen molar-refractivity contribution in [1.82, 2.24) is 4.90 Å². The van der Waals surface area contributed by atoms with E-state index in [1.54, 1.807) is 25.7 Å². The molecule has 2 heterocycles. The van der Waals surface area contributed by atoms with E-state index in [9.17, 15) is 18.7 Å². The summed E-state index contributed by atoms with van der Waals surface area (Å²) in [7, 11) is 0. The van der Waals surface area contributed by atoms with E-state index in [1.807, 2.05) is 0 Å². The smallest absolute Gasteiger partial charge is 0.410 e. The third-order valence-electron chi connectivity index (χ3n) is 4.59. The van der Waals surface area contributed by atoms with Crippen molar-refractivity contribution in [2.45, 2.75) is 56.9 Å². The van der Waals surface area contributed by atoms with Crippen molar-refractivity contribution in [1.29, 1.82) is 0 Å². The first-order chi connectivity index (χ1) is 11.6. The van der Waals surface area contributed by atoms with Gasteiger partial charge in [0.1, 0.15) is 17.2 Å². The van der Waals surface area contributed by atoms with Gasteiger partial charge in [0.25, 0.3) is 0 Å². The standard InChI is InChI=1S/C18H23F2NO4/c1-17(2,3)25-16(22)21-12-7-18(23,8-13(21)10-24-9-12)14-6-11(19)4-5-15(14)20/h4-6,12-13,23H,7-10H2,1-3H3. The number of benzene rings is 1. The molecule has 1 aromatic carbocycles. The molecule has 2 fully saturated rings. The molecular formula is C18H23F2NO4. The van der Waals surface area contributed by atoms with Crippen LogP contribution in [-0.2, 0) is 15.1 Å². The highest BCUT2D eigenvalue weighted by molar-refractivity contribution is 5.69. The van der Waals surface area contributed by atoms with Gasteiger partial charge < -0.3 is 14.6 Å². The molecule has 0 radical (unpaired) electrons. The van der Waals surface area contributed by atoms with Crippen LogP contribution in [0.3, 0.4) is 0 Å². The highest BCUT2D eigenvalue weighted by Gasteiger charge is 2.50. The molecule has 1 amide bonds. The molecule has 2 unspecified atom stereocenters. The van der Waals surface area contributed by atoms with E-state index in [1.165, 1.54) is 0 Å². The van der Waals surface area contributed by atoms with Gasteiger partial charge in [-0.3, -0.25) is 4.90 Å². The summed E-state index contributed by atoms with van der Waals surface area (Å²) in [5.41, 5.74) is -2.27. The zero-order chi connectivity index (χ0) is 18.4. The molecule has 0 aliphatic carbocycles. The maximum absolute atomic E-state index is 14.2. The van der Waals surface area contributed by atoms with Crippen LogP contribution < -0.4 is 0 Å². The van der Waals surface area contributed by atoms with Crippen molar-refractivity contribution < 1.29 is 28.2 Å².